The number of carboxylic acids is 1. The first-order chi connectivity index (χ1) is 38.8. The Bertz CT molecular complexity index is 3380. The van der Waals surface area contributed by atoms with Crippen molar-refractivity contribution in [2.24, 2.45) is 0 Å². The lowest BCUT2D eigenvalue weighted by Crippen LogP contribution is -2.24. The minimum atomic E-state index is -1.00. The molecule has 0 aliphatic rings. The van der Waals surface area contributed by atoms with E-state index < -0.39 is 13.1 Å². The fraction of sp³-hybridized carbons (Fsp3) is 0.274. The number of fused-ring (bicyclic) bond motifs is 3. The number of carbonyl (C=O) groups excluding carboxylic acids is 2. The summed E-state index contributed by atoms with van der Waals surface area (Å²) in [5.41, 5.74) is 10.7. The highest BCUT2D eigenvalue weighted by molar-refractivity contribution is 9.10. The number of anilines is 2. The number of ether oxygens (including phenoxy) is 2. The summed E-state index contributed by atoms with van der Waals surface area (Å²) in [5, 5.41) is 19.3. The number of carbonyl (C=O) groups is 3. The molecule has 0 unspecified atom stereocenters. The third kappa shape index (κ3) is 17.6. The second kappa shape index (κ2) is 34.5. The van der Waals surface area contributed by atoms with Crippen molar-refractivity contribution in [2.45, 2.75) is 49.0 Å². The van der Waals surface area contributed by atoms with E-state index in [-0.39, 0.29) is 24.9 Å². The van der Waals surface area contributed by atoms with Crippen LogP contribution in [0.4, 0.5) is 16.0 Å². The Morgan fingerprint density at radius 2 is 0.825 bits per heavy atom. The molecule has 422 valence electrons. The van der Waals surface area contributed by atoms with E-state index in [0.717, 1.165) is 103 Å². The lowest BCUT2D eigenvalue weighted by molar-refractivity contribution is 0.0592. The van der Waals surface area contributed by atoms with Crippen molar-refractivity contribution in [3.05, 3.63) is 167 Å². The number of esters is 2. The summed E-state index contributed by atoms with van der Waals surface area (Å²) in [7, 11) is 2.73. The normalized spacial score (nSPS) is 10.2. The Labute approximate surface area is 478 Å². The van der Waals surface area contributed by atoms with E-state index in [1.807, 2.05) is 97.1 Å². The molecule has 6 aromatic carbocycles. The van der Waals surface area contributed by atoms with Gasteiger partial charge in [0, 0.05) is 50.0 Å². The van der Waals surface area contributed by atoms with Crippen LogP contribution in [0.2, 0.25) is 0 Å². The minimum absolute atomic E-state index is 0. The van der Waals surface area contributed by atoms with Gasteiger partial charge in [0.15, 0.2) is 11.6 Å². The number of aliphatic hydroxyl groups is 1. The van der Waals surface area contributed by atoms with Crippen LogP contribution in [-0.2, 0) is 9.47 Å². The van der Waals surface area contributed by atoms with E-state index in [2.05, 4.69) is 82.6 Å². The number of aromatic carboxylic acids is 1. The molecule has 3 aromatic heterocycles. The molecular weight excluding hydrogens is 1080 g/mol. The second-order valence-corrected chi connectivity index (χ2v) is 17.2. The maximum atomic E-state index is 11.8. The molecule has 0 fully saturated rings. The highest BCUT2D eigenvalue weighted by Crippen LogP contribution is 2.32. The standard InChI is InChI=1S/C20H21N3O2.C19H19N3O2.C16H11BrN2O2.C4H11N.CH3F.CH4O.CH4/c1-4-23(5-2)19-18(14-9-7-6-8-10-14)21-16-12-11-15(20(24)25-3)13-17(16)22-19;1-3-22(4-2)18-17(13-8-6-5-7-9-13)20-15-11-10-14(19(23)24)12-16(15)21-18;1-21-16(20)11-7-8-12-13(9-11)19-15(17)14(18-12)10-5-3-2-4-6-10;1-3-5-4-2;2*1-2;/h6-13H,4-5H2,1-3H3;5-12H,3-4H2,1-2H3,(H,23,24);2-9H,1H3;5H,3-4H2,1-2H3;1H3;2H,1H3;1H4/i;;;;1D;;. The molecule has 0 saturated heterocycles. The predicted molar refractivity (Wildman–Crippen MR) is 326 cm³/mol. The molecule has 18 heteroatoms. The van der Waals surface area contributed by atoms with Crippen LogP contribution in [0.15, 0.2) is 150 Å². The number of aliphatic hydroxyl groups excluding tert-OH is 1. The van der Waals surface area contributed by atoms with Crippen LogP contribution < -0.4 is 15.1 Å². The first-order valence-electron chi connectivity index (χ1n) is 26.2. The quantitative estimate of drug-likeness (QED) is 0.0866. The predicted octanol–water partition coefficient (Wildman–Crippen LogP) is 13.1. The summed E-state index contributed by atoms with van der Waals surface area (Å²) >= 11 is 3.44. The van der Waals surface area contributed by atoms with Crippen LogP contribution in [0.1, 0.15) is 81.4 Å². The number of hydrogen-bond donors (Lipinski definition) is 3. The SMILES string of the molecule is C.CCN(CC)c1nc2cc(C(=O)O)ccc2nc1-c1ccccc1.CCN(CC)c1nc2cc(C(=O)OC)ccc2nc1-c1ccccc1.CCNCC.CO.COC(=O)c1ccc2nc(-c3ccccc3)c(Br)nc2c1.[2H]CF. The molecule has 80 heavy (non-hydrogen) atoms. The smallest absolute Gasteiger partial charge is 0.337 e. The third-order valence-electron chi connectivity index (χ3n) is 11.8. The molecule has 3 N–H and O–H groups in total. The van der Waals surface area contributed by atoms with Crippen LogP contribution >= 0.6 is 15.9 Å². The van der Waals surface area contributed by atoms with Crippen molar-refractivity contribution >= 4 is 78.6 Å². The van der Waals surface area contributed by atoms with E-state index >= 15 is 0 Å². The molecule has 0 aliphatic heterocycles. The van der Waals surface area contributed by atoms with Crippen LogP contribution in [0.3, 0.4) is 0 Å². The number of aromatic nitrogens is 6. The molecule has 0 atom stereocenters. The summed E-state index contributed by atoms with van der Waals surface area (Å²) in [6, 6.07) is 45.0. The first kappa shape index (κ1) is 64.2. The zero-order valence-electron chi connectivity index (χ0n) is 47.1. The van der Waals surface area contributed by atoms with Gasteiger partial charge in [0.2, 0.25) is 0 Å². The Morgan fingerprint density at radius 3 is 1.14 bits per heavy atom. The average Bonchev–Trinajstić information content (AvgIpc) is 3.59. The summed E-state index contributed by atoms with van der Waals surface area (Å²) in [4.78, 5) is 67.1. The monoisotopic (exact) mass is 1150 g/mol. The van der Waals surface area contributed by atoms with E-state index in [9.17, 15) is 23.9 Å². The maximum absolute atomic E-state index is 11.8. The van der Waals surface area contributed by atoms with Gasteiger partial charge in [-0.15, -0.1) is 0 Å². The number of alkyl halides is 1. The van der Waals surface area contributed by atoms with Gasteiger partial charge in [-0.2, -0.15) is 0 Å². The molecular formula is C62H73BrFN9O7. The summed E-state index contributed by atoms with van der Waals surface area (Å²) in [5.74, 6) is -0.121. The highest BCUT2D eigenvalue weighted by atomic mass is 79.9. The van der Waals surface area contributed by atoms with Gasteiger partial charge in [-0.1, -0.05) is 112 Å². The summed E-state index contributed by atoms with van der Waals surface area (Å²) in [6.45, 7) is 18.0. The van der Waals surface area contributed by atoms with Gasteiger partial charge in [-0.05, 0) is 111 Å². The molecule has 0 radical (unpaired) electrons. The Hall–Kier alpha value is -8.32. The summed E-state index contributed by atoms with van der Waals surface area (Å²) < 4.78 is 25.7. The van der Waals surface area contributed by atoms with Crippen LogP contribution in [0.5, 0.6) is 0 Å². The fourth-order valence-electron chi connectivity index (χ4n) is 7.84. The maximum Gasteiger partial charge on any atom is 0.337 e. The van der Waals surface area contributed by atoms with Crippen molar-refractivity contribution in [3.8, 4) is 33.8 Å². The molecule has 0 saturated carbocycles. The first-order valence-corrected chi connectivity index (χ1v) is 26.3. The minimum Gasteiger partial charge on any atom is -0.478 e. The molecule has 16 nitrogen and oxygen atoms in total. The van der Waals surface area contributed by atoms with Gasteiger partial charge >= 0.3 is 17.9 Å². The van der Waals surface area contributed by atoms with Crippen LogP contribution in [-0.4, -0.2) is 126 Å². The second-order valence-electron chi connectivity index (χ2n) is 16.5. The van der Waals surface area contributed by atoms with E-state index in [4.69, 9.17) is 35.9 Å². The lowest BCUT2D eigenvalue weighted by atomic mass is 10.1. The number of methoxy groups -OCH3 is 2. The van der Waals surface area contributed by atoms with Crippen molar-refractivity contribution < 1.29 is 39.8 Å². The highest BCUT2D eigenvalue weighted by Gasteiger charge is 2.19. The molecule has 0 amide bonds. The number of nitrogens with one attached hydrogen (secondary N) is 1. The van der Waals surface area contributed by atoms with Crippen molar-refractivity contribution in [1.29, 1.82) is 0 Å². The van der Waals surface area contributed by atoms with E-state index in [1.165, 1.54) is 14.2 Å². The number of carboxylic acid groups (broad SMARTS) is 1. The third-order valence-corrected chi connectivity index (χ3v) is 12.3. The van der Waals surface area contributed by atoms with Gasteiger partial charge in [-0.3, -0.25) is 4.39 Å². The molecule has 9 aromatic rings. The van der Waals surface area contributed by atoms with Crippen molar-refractivity contribution in [1.82, 2.24) is 35.2 Å². The Kier molecular flexibility index (Phi) is 27.7. The Morgan fingerprint density at radius 1 is 0.512 bits per heavy atom. The van der Waals surface area contributed by atoms with Gasteiger partial charge in [-0.25, -0.2) is 44.3 Å². The Balaban J connectivity index is 0.000000293. The number of hydrogen-bond acceptors (Lipinski definition) is 15. The zero-order chi connectivity index (χ0) is 58.6. The van der Waals surface area contributed by atoms with E-state index in [0.29, 0.717) is 37.8 Å². The molecule has 0 spiro atoms. The molecule has 9 rings (SSSR count). The molecule has 0 bridgehead atoms. The zero-order valence-corrected chi connectivity index (χ0v) is 47.7. The lowest BCUT2D eigenvalue weighted by Gasteiger charge is -2.23. The number of nitrogens with zero attached hydrogens (tertiary/aromatic N) is 8. The fourth-order valence-corrected chi connectivity index (χ4v) is 8.35. The van der Waals surface area contributed by atoms with E-state index in [1.54, 1.807) is 48.5 Å². The molecule has 0 aliphatic carbocycles. The van der Waals surface area contributed by atoms with Crippen LogP contribution in [0.25, 0.3) is 66.9 Å². The van der Waals surface area contributed by atoms with Gasteiger partial charge in [0.05, 0.1) is 72.5 Å². The van der Waals surface area contributed by atoms with Crippen LogP contribution in [0, 0.1) is 0 Å². The largest absolute Gasteiger partial charge is 0.478 e. The van der Waals surface area contributed by atoms with Gasteiger partial charge in [0.25, 0.3) is 0 Å². The molecule has 3 heterocycles. The van der Waals surface area contributed by atoms with Gasteiger partial charge < -0.3 is 34.8 Å². The average molecular weight is 1160 g/mol. The van der Waals surface area contributed by atoms with Crippen molar-refractivity contribution in [2.75, 3.05) is 77.6 Å². The number of halogens is 2. The van der Waals surface area contributed by atoms with Crippen molar-refractivity contribution in [3.63, 3.8) is 0 Å². The summed E-state index contributed by atoms with van der Waals surface area (Å²) in [6.07, 6.45) is 0. The topological polar surface area (TPSA) is 206 Å². The van der Waals surface area contributed by atoms with Gasteiger partial charge in [0.1, 0.15) is 21.7 Å². The number of benzene rings is 6. The number of rotatable bonds is 14.